The van der Waals surface area contributed by atoms with E-state index in [0.29, 0.717) is 19.5 Å². The van der Waals surface area contributed by atoms with Crippen molar-refractivity contribution in [3.8, 4) is 0 Å². The first-order valence-electron chi connectivity index (χ1n) is 7.43. The number of fused-ring (bicyclic) bond motifs is 1. The molecule has 0 saturated heterocycles. The topological polar surface area (TPSA) is 91.1 Å². The summed E-state index contributed by atoms with van der Waals surface area (Å²) in [5.74, 6) is -0.806. The van der Waals surface area contributed by atoms with Gasteiger partial charge in [0.05, 0.1) is 0 Å². The fraction of sp³-hybridized carbons (Fsp3) is 0.438. The van der Waals surface area contributed by atoms with Crippen molar-refractivity contribution in [2.75, 3.05) is 13.1 Å². The van der Waals surface area contributed by atoms with Crippen molar-refractivity contribution < 1.29 is 9.90 Å². The summed E-state index contributed by atoms with van der Waals surface area (Å²) in [7, 11) is 0. The zero-order valence-electron chi connectivity index (χ0n) is 12.1. The van der Waals surface area contributed by atoms with E-state index in [4.69, 9.17) is 5.73 Å². The molecule has 2 rings (SSSR count). The minimum Gasteiger partial charge on any atom is -0.480 e. The lowest BCUT2D eigenvalue weighted by molar-refractivity contribution is -0.139. The normalized spacial score (nSPS) is 12.6. The maximum absolute atomic E-state index is 11.4. The van der Waals surface area contributed by atoms with E-state index in [1.807, 2.05) is 30.5 Å². The summed E-state index contributed by atoms with van der Waals surface area (Å²) in [5, 5.41) is 13.6. The molecule has 1 aromatic carbocycles. The quantitative estimate of drug-likeness (QED) is 0.530. The van der Waals surface area contributed by atoms with Crippen molar-refractivity contribution in [1.82, 2.24) is 10.3 Å². The molecular formula is C16H23N3O2. The van der Waals surface area contributed by atoms with Crippen LogP contribution in [-0.4, -0.2) is 35.2 Å². The molecule has 21 heavy (non-hydrogen) atoms. The van der Waals surface area contributed by atoms with Crippen molar-refractivity contribution in [3.63, 3.8) is 0 Å². The van der Waals surface area contributed by atoms with Gasteiger partial charge in [-0.05, 0) is 37.6 Å². The van der Waals surface area contributed by atoms with Gasteiger partial charge in [0.25, 0.3) is 0 Å². The largest absolute Gasteiger partial charge is 0.480 e. The van der Waals surface area contributed by atoms with E-state index >= 15 is 0 Å². The Morgan fingerprint density at radius 2 is 2.10 bits per heavy atom. The molecule has 0 fully saturated rings. The molecule has 0 unspecified atom stereocenters. The molecule has 5 nitrogen and oxygen atoms in total. The second-order valence-corrected chi connectivity index (χ2v) is 5.26. The van der Waals surface area contributed by atoms with Gasteiger partial charge in [0.15, 0.2) is 0 Å². The molecule has 0 bridgehead atoms. The number of aromatic amines is 1. The van der Waals surface area contributed by atoms with Gasteiger partial charge in [0.2, 0.25) is 0 Å². The lowest BCUT2D eigenvalue weighted by Gasteiger charge is -2.14. The molecular weight excluding hydrogens is 266 g/mol. The molecule has 2 aromatic rings. The minimum atomic E-state index is -0.806. The number of aromatic nitrogens is 1. The first-order valence-corrected chi connectivity index (χ1v) is 7.43. The highest BCUT2D eigenvalue weighted by Gasteiger charge is 2.18. The van der Waals surface area contributed by atoms with Crippen LogP contribution in [0.2, 0.25) is 0 Å². The number of carbonyl (C=O) groups is 1. The number of carboxylic acids is 1. The molecule has 0 aliphatic carbocycles. The Hall–Kier alpha value is -1.85. The second kappa shape index (κ2) is 7.81. The lowest BCUT2D eigenvalue weighted by Crippen LogP contribution is -2.39. The number of hydrogen-bond donors (Lipinski definition) is 4. The molecule has 114 valence electrons. The summed E-state index contributed by atoms with van der Waals surface area (Å²) >= 11 is 0. The van der Waals surface area contributed by atoms with E-state index in [-0.39, 0.29) is 0 Å². The molecule has 0 saturated carbocycles. The fourth-order valence-corrected chi connectivity index (χ4v) is 2.49. The number of nitrogens with two attached hydrogens (primary N) is 1. The first-order chi connectivity index (χ1) is 10.2. The highest BCUT2D eigenvalue weighted by molar-refractivity contribution is 5.84. The van der Waals surface area contributed by atoms with E-state index < -0.39 is 12.0 Å². The number of hydrogen-bond acceptors (Lipinski definition) is 3. The molecule has 5 heteroatoms. The third-order valence-electron chi connectivity index (χ3n) is 3.67. The van der Waals surface area contributed by atoms with E-state index in [1.54, 1.807) is 0 Å². The third kappa shape index (κ3) is 4.31. The zero-order chi connectivity index (χ0) is 15.1. The Morgan fingerprint density at radius 3 is 2.86 bits per heavy atom. The Labute approximate surface area is 124 Å². The molecule has 1 heterocycles. The van der Waals surface area contributed by atoms with Crippen LogP contribution in [0.4, 0.5) is 0 Å². The summed E-state index contributed by atoms with van der Waals surface area (Å²) < 4.78 is 0. The van der Waals surface area contributed by atoms with Crippen LogP contribution < -0.4 is 11.1 Å². The molecule has 1 atom stereocenters. The predicted molar refractivity (Wildman–Crippen MR) is 84.3 cm³/mol. The molecule has 0 amide bonds. The van der Waals surface area contributed by atoms with Crippen LogP contribution >= 0.6 is 0 Å². The van der Waals surface area contributed by atoms with Gasteiger partial charge in [0.1, 0.15) is 6.04 Å². The third-order valence-corrected chi connectivity index (χ3v) is 3.67. The monoisotopic (exact) mass is 289 g/mol. The van der Waals surface area contributed by atoms with Crippen LogP contribution in [0.1, 0.15) is 24.8 Å². The molecule has 5 N–H and O–H groups in total. The maximum Gasteiger partial charge on any atom is 0.321 e. The summed E-state index contributed by atoms with van der Waals surface area (Å²) in [4.78, 5) is 14.6. The minimum absolute atomic E-state index is 0.482. The Bertz CT molecular complexity index is 580. The smallest absolute Gasteiger partial charge is 0.321 e. The number of nitrogens with one attached hydrogen (secondary N) is 2. The van der Waals surface area contributed by atoms with Gasteiger partial charge in [-0.25, -0.2) is 0 Å². The molecule has 0 aliphatic heterocycles. The average molecular weight is 289 g/mol. The second-order valence-electron chi connectivity index (χ2n) is 5.26. The zero-order valence-corrected chi connectivity index (χ0v) is 12.1. The first kappa shape index (κ1) is 15.5. The average Bonchev–Trinajstić information content (AvgIpc) is 2.89. The number of carboxylic acid groups (broad SMARTS) is 1. The summed E-state index contributed by atoms with van der Waals surface area (Å²) in [6.07, 6.45) is 5.35. The van der Waals surface area contributed by atoms with Gasteiger partial charge in [-0.1, -0.05) is 24.6 Å². The molecule has 1 aromatic heterocycles. The molecule has 0 aliphatic rings. The van der Waals surface area contributed by atoms with Crippen molar-refractivity contribution in [1.29, 1.82) is 0 Å². The van der Waals surface area contributed by atoms with Crippen LogP contribution in [0.15, 0.2) is 30.5 Å². The number of aliphatic carboxylic acids is 1. The van der Waals surface area contributed by atoms with Gasteiger partial charge in [0, 0.05) is 23.5 Å². The number of benzene rings is 1. The van der Waals surface area contributed by atoms with Crippen LogP contribution in [0, 0.1) is 0 Å². The number of unbranched alkanes of at least 4 members (excludes halogenated alkanes) is 2. The van der Waals surface area contributed by atoms with Crippen LogP contribution in [-0.2, 0) is 11.2 Å². The molecule has 0 spiro atoms. The van der Waals surface area contributed by atoms with E-state index in [0.717, 1.165) is 35.7 Å². The standard InChI is InChI=1S/C16H23N3O2/c17-8-4-1-5-9-18-15(16(20)21)10-12-11-19-14-7-3-2-6-13(12)14/h2-3,6-7,11,15,18-19H,1,4-5,8-10,17H2,(H,20,21)/t15-/m0/s1. The van der Waals surface area contributed by atoms with Crippen LogP contribution in [0.5, 0.6) is 0 Å². The fourth-order valence-electron chi connectivity index (χ4n) is 2.49. The highest BCUT2D eigenvalue weighted by Crippen LogP contribution is 2.19. The Kier molecular flexibility index (Phi) is 5.78. The van der Waals surface area contributed by atoms with Gasteiger partial charge >= 0.3 is 5.97 Å². The summed E-state index contributed by atoms with van der Waals surface area (Å²) in [5.41, 5.74) is 7.52. The summed E-state index contributed by atoms with van der Waals surface area (Å²) in [6, 6.07) is 7.39. The van der Waals surface area contributed by atoms with Crippen LogP contribution in [0.3, 0.4) is 0 Å². The van der Waals surface area contributed by atoms with Gasteiger partial charge < -0.3 is 21.1 Å². The number of rotatable bonds is 9. The number of para-hydroxylation sites is 1. The van der Waals surface area contributed by atoms with Crippen molar-refractivity contribution in [3.05, 3.63) is 36.0 Å². The number of H-pyrrole nitrogens is 1. The lowest BCUT2D eigenvalue weighted by atomic mass is 10.0. The van der Waals surface area contributed by atoms with Crippen molar-refractivity contribution in [2.45, 2.75) is 31.7 Å². The van der Waals surface area contributed by atoms with Crippen molar-refractivity contribution >= 4 is 16.9 Å². The van der Waals surface area contributed by atoms with E-state index in [2.05, 4.69) is 10.3 Å². The SMILES string of the molecule is NCCCCCN[C@@H](Cc1c[nH]c2ccccc12)C(=O)O. The van der Waals surface area contributed by atoms with Gasteiger partial charge in [-0.15, -0.1) is 0 Å². The van der Waals surface area contributed by atoms with E-state index in [1.165, 1.54) is 0 Å². The predicted octanol–water partition coefficient (Wildman–Crippen LogP) is 1.88. The van der Waals surface area contributed by atoms with Crippen LogP contribution in [0.25, 0.3) is 10.9 Å². The highest BCUT2D eigenvalue weighted by atomic mass is 16.4. The van der Waals surface area contributed by atoms with Gasteiger partial charge in [-0.2, -0.15) is 0 Å². The summed E-state index contributed by atoms with van der Waals surface area (Å²) in [6.45, 7) is 1.40. The van der Waals surface area contributed by atoms with Crippen molar-refractivity contribution in [2.24, 2.45) is 5.73 Å². The van der Waals surface area contributed by atoms with E-state index in [9.17, 15) is 9.90 Å². The molecule has 0 radical (unpaired) electrons. The Balaban J connectivity index is 1.95. The maximum atomic E-state index is 11.4. The van der Waals surface area contributed by atoms with Gasteiger partial charge in [-0.3, -0.25) is 4.79 Å². The Morgan fingerprint density at radius 1 is 1.29 bits per heavy atom.